The average Bonchev–Trinajstić information content (AvgIpc) is 3.23. The summed E-state index contributed by atoms with van der Waals surface area (Å²) in [6, 6.07) is 0.702. The van der Waals surface area contributed by atoms with E-state index < -0.39 is 0 Å². The highest BCUT2D eigenvalue weighted by atomic mass is 16.1. The first-order valence-electron chi connectivity index (χ1n) is 7.28. The third kappa shape index (κ3) is 2.39. The molecule has 1 aliphatic carbocycles. The number of anilines is 1. The number of rotatable bonds is 3. The van der Waals surface area contributed by atoms with Gasteiger partial charge < -0.3 is 15.2 Å². The summed E-state index contributed by atoms with van der Waals surface area (Å²) < 4.78 is 1.84. The van der Waals surface area contributed by atoms with Crippen LogP contribution in [0.25, 0.3) is 0 Å². The van der Waals surface area contributed by atoms with E-state index in [2.05, 4.69) is 9.88 Å². The second-order valence-electron chi connectivity index (χ2n) is 5.81. The van der Waals surface area contributed by atoms with Gasteiger partial charge in [0.05, 0.1) is 0 Å². The maximum atomic E-state index is 12.5. The third-order valence-electron chi connectivity index (χ3n) is 4.22. The zero-order valence-electron chi connectivity index (χ0n) is 11.5. The van der Waals surface area contributed by atoms with E-state index in [1.165, 1.54) is 6.42 Å². The van der Waals surface area contributed by atoms with E-state index in [1.807, 2.05) is 17.7 Å². The Morgan fingerprint density at radius 3 is 2.84 bits per heavy atom. The summed E-state index contributed by atoms with van der Waals surface area (Å²) in [5.41, 5.74) is 6.13. The Kier molecular flexibility index (Phi) is 3.31. The largest absolute Gasteiger partial charge is 0.347 e. The molecule has 0 spiro atoms. The SMILES string of the molecule is CC(N)C1CCCCN1c1nccn(C2CC2)c1=O. The summed E-state index contributed by atoms with van der Waals surface area (Å²) in [7, 11) is 0. The molecule has 2 N–H and O–H groups in total. The number of hydrogen-bond donors (Lipinski definition) is 1. The van der Waals surface area contributed by atoms with Gasteiger partial charge in [0.15, 0.2) is 5.82 Å². The highest BCUT2D eigenvalue weighted by Gasteiger charge is 2.31. The quantitative estimate of drug-likeness (QED) is 0.891. The van der Waals surface area contributed by atoms with Crippen LogP contribution in [0, 0.1) is 0 Å². The molecule has 2 atom stereocenters. The topological polar surface area (TPSA) is 64.2 Å². The standard InChI is InChI=1S/C14H22N4O/c1-10(15)12-4-2-3-8-18(12)13-14(19)17(9-7-16-13)11-5-6-11/h7,9-12H,2-6,8,15H2,1H3. The van der Waals surface area contributed by atoms with Crippen molar-refractivity contribution in [1.82, 2.24) is 9.55 Å². The molecule has 1 aromatic heterocycles. The van der Waals surface area contributed by atoms with Crippen LogP contribution in [0.15, 0.2) is 17.2 Å². The zero-order chi connectivity index (χ0) is 13.4. The van der Waals surface area contributed by atoms with Crippen molar-refractivity contribution >= 4 is 5.82 Å². The summed E-state index contributed by atoms with van der Waals surface area (Å²) in [5.74, 6) is 0.594. The van der Waals surface area contributed by atoms with E-state index in [4.69, 9.17) is 5.73 Å². The first-order valence-corrected chi connectivity index (χ1v) is 7.28. The van der Waals surface area contributed by atoms with Crippen LogP contribution in [0.3, 0.4) is 0 Å². The summed E-state index contributed by atoms with van der Waals surface area (Å²) >= 11 is 0. The fraction of sp³-hybridized carbons (Fsp3) is 0.714. The summed E-state index contributed by atoms with van der Waals surface area (Å²) in [4.78, 5) is 19.0. The van der Waals surface area contributed by atoms with E-state index in [1.54, 1.807) is 6.20 Å². The van der Waals surface area contributed by atoms with Gasteiger partial charge in [0, 0.05) is 37.1 Å². The number of aromatic nitrogens is 2. The lowest BCUT2D eigenvalue weighted by molar-refractivity contribution is 0.408. The molecule has 0 radical (unpaired) electrons. The fourth-order valence-electron chi connectivity index (χ4n) is 3.02. The Hall–Kier alpha value is -1.36. The van der Waals surface area contributed by atoms with Crippen LogP contribution in [0.5, 0.6) is 0 Å². The molecule has 104 valence electrons. The molecule has 2 unspecified atom stereocenters. The molecule has 5 heteroatoms. The van der Waals surface area contributed by atoms with Gasteiger partial charge in [-0.2, -0.15) is 0 Å². The fourth-order valence-corrected chi connectivity index (χ4v) is 3.02. The van der Waals surface area contributed by atoms with Crippen LogP contribution in [-0.4, -0.2) is 28.2 Å². The molecule has 1 aliphatic heterocycles. The molecule has 5 nitrogen and oxygen atoms in total. The smallest absolute Gasteiger partial charge is 0.293 e. The first-order chi connectivity index (χ1) is 9.18. The van der Waals surface area contributed by atoms with Crippen molar-refractivity contribution in [3.05, 3.63) is 22.7 Å². The molecule has 0 aromatic carbocycles. The highest BCUT2D eigenvalue weighted by Crippen LogP contribution is 2.33. The van der Waals surface area contributed by atoms with E-state index >= 15 is 0 Å². The number of piperidine rings is 1. The minimum Gasteiger partial charge on any atom is -0.347 e. The van der Waals surface area contributed by atoms with Crippen LogP contribution < -0.4 is 16.2 Å². The lowest BCUT2D eigenvalue weighted by Gasteiger charge is -2.38. The molecule has 3 rings (SSSR count). The molecule has 1 saturated carbocycles. The van der Waals surface area contributed by atoms with Crippen LogP contribution >= 0.6 is 0 Å². The summed E-state index contributed by atoms with van der Waals surface area (Å²) in [6.07, 6.45) is 9.14. The maximum Gasteiger partial charge on any atom is 0.293 e. The lowest BCUT2D eigenvalue weighted by atomic mass is 9.97. The minimum absolute atomic E-state index is 0.0533. The van der Waals surface area contributed by atoms with E-state index in [9.17, 15) is 4.79 Å². The zero-order valence-corrected chi connectivity index (χ0v) is 11.5. The maximum absolute atomic E-state index is 12.5. The number of hydrogen-bond acceptors (Lipinski definition) is 4. The Morgan fingerprint density at radius 2 is 2.16 bits per heavy atom. The first kappa shape index (κ1) is 12.7. The molecule has 2 heterocycles. The van der Waals surface area contributed by atoms with Crippen molar-refractivity contribution in [3.63, 3.8) is 0 Å². The number of nitrogens with zero attached hydrogens (tertiary/aromatic N) is 3. The Labute approximate surface area is 113 Å². The molecule has 2 fully saturated rings. The normalized spacial score (nSPS) is 25.4. The van der Waals surface area contributed by atoms with Crippen LogP contribution in [0.2, 0.25) is 0 Å². The average molecular weight is 262 g/mol. The molecule has 2 aliphatic rings. The molecule has 19 heavy (non-hydrogen) atoms. The van der Waals surface area contributed by atoms with E-state index in [0.29, 0.717) is 11.9 Å². The highest BCUT2D eigenvalue weighted by molar-refractivity contribution is 5.38. The molecular weight excluding hydrogens is 240 g/mol. The van der Waals surface area contributed by atoms with Crippen molar-refractivity contribution in [2.24, 2.45) is 5.73 Å². The van der Waals surface area contributed by atoms with Gasteiger partial charge in [-0.15, -0.1) is 0 Å². The monoisotopic (exact) mass is 262 g/mol. The van der Waals surface area contributed by atoms with Crippen molar-refractivity contribution in [2.75, 3.05) is 11.4 Å². The van der Waals surface area contributed by atoms with Gasteiger partial charge in [0.2, 0.25) is 0 Å². The Morgan fingerprint density at radius 1 is 1.37 bits per heavy atom. The molecular formula is C14H22N4O. The summed E-state index contributed by atoms with van der Waals surface area (Å²) in [6.45, 7) is 2.91. The lowest BCUT2D eigenvalue weighted by Crippen LogP contribution is -2.51. The van der Waals surface area contributed by atoms with Gasteiger partial charge in [0.1, 0.15) is 0 Å². The van der Waals surface area contributed by atoms with Gasteiger partial charge in [-0.25, -0.2) is 4.98 Å². The van der Waals surface area contributed by atoms with Crippen molar-refractivity contribution < 1.29 is 0 Å². The van der Waals surface area contributed by atoms with Crippen molar-refractivity contribution in [3.8, 4) is 0 Å². The van der Waals surface area contributed by atoms with Gasteiger partial charge in [-0.3, -0.25) is 4.79 Å². The molecule has 1 saturated heterocycles. The predicted molar refractivity (Wildman–Crippen MR) is 75.4 cm³/mol. The van der Waals surface area contributed by atoms with Crippen molar-refractivity contribution in [2.45, 2.75) is 57.2 Å². The van der Waals surface area contributed by atoms with Crippen LogP contribution in [0.1, 0.15) is 45.1 Å². The van der Waals surface area contributed by atoms with Crippen LogP contribution in [-0.2, 0) is 0 Å². The van der Waals surface area contributed by atoms with Gasteiger partial charge in [0.25, 0.3) is 5.56 Å². The van der Waals surface area contributed by atoms with E-state index in [-0.39, 0.29) is 17.6 Å². The molecule has 0 amide bonds. The molecule has 1 aromatic rings. The van der Waals surface area contributed by atoms with Crippen LogP contribution in [0.4, 0.5) is 5.82 Å². The third-order valence-corrected chi connectivity index (χ3v) is 4.22. The van der Waals surface area contributed by atoms with E-state index in [0.717, 1.165) is 32.2 Å². The van der Waals surface area contributed by atoms with Gasteiger partial charge in [-0.1, -0.05) is 0 Å². The predicted octanol–water partition coefficient (Wildman–Crippen LogP) is 1.28. The Bertz CT molecular complexity index is 506. The minimum atomic E-state index is 0.0533. The number of nitrogens with two attached hydrogens (primary N) is 1. The van der Waals surface area contributed by atoms with Crippen molar-refractivity contribution in [1.29, 1.82) is 0 Å². The molecule has 0 bridgehead atoms. The second kappa shape index (κ2) is 4.96. The summed E-state index contributed by atoms with van der Waals surface area (Å²) in [5, 5.41) is 0. The van der Waals surface area contributed by atoms with Gasteiger partial charge in [-0.05, 0) is 39.0 Å². The second-order valence-corrected chi connectivity index (χ2v) is 5.81. The van der Waals surface area contributed by atoms with Gasteiger partial charge >= 0.3 is 0 Å². The Balaban J connectivity index is 1.95.